The fourth-order valence-electron chi connectivity index (χ4n) is 3.73. The molecule has 3 aromatic rings. The summed E-state index contributed by atoms with van der Waals surface area (Å²) in [6.45, 7) is 11.4. The monoisotopic (exact) mass is 472 g/mol. The number of likely N-dealkylation sites (tertiary alicyclic amines) is 1. The Morgan fingerprint density at radius 3 is 2.53 bits per heavy atom. The number of amides is 1. The number of alkyl halides is 1. The molecule has 0 unspecified atom stereocenters. The third-order valence-electron chi connectivity index (χ3n) is 5.45. The van der Waals surface area contributed by atoms with E-state index in [1.165, 1.54) is 17.0 Å². The Kier molecular flexibility index (Phi) is 5.95. The van der Waals surface area contributed by atoms with Crippen LogP contribution in [0.25, 0.3) is 17.0 Å². The minimum absolute atomic E-state index is 0.0832. The molecule has 34 heavy (non-hydrogen) atoms. The van der Waals surface area contributed by atoms with Gasteiger partial charge >= 0.3 is 6.09 Å². The lowest BCUT2D eigenvalue weighted by Gasteiger charge is -2.24. The van der Waals surface area contributed by atoms with Crippen LogP contribution in [0.5, 0.6) is 0 Å². The summed E-state index contributed by atoms with van der Waals surface area (Å²) in [4.78, 5) is 26.9. The zero-order valence-corrected chi connectivity index (χ0v) is 20.3. The highest BCUT2D eigenvalue weighted by atomic mass is 19.1. The lowest BCUT2D eigenvalue weighted by molar-refractivity contribution is 0.0283. The molecule has 2 atom stereocenters. The summed E-state index contributed by atoms with van der Waals surface area (Å²) in [6.07, 6.45) is 3.20. The van der Waals surface area contributed by atoms with Crippen molar-refractivity contribution in [2.75, 3.05) is 18.4 Å². The molecule has 0 spiro atoms. The van der Waals surface area contributed by atoms with Crippen molar-refractivity contribution >= 4 is 17.6 Å². The second-order valence-electron chi connectivity index (χ2n) is 10.6. The molecule has 4 heterocycles. The SMILES string of the molecule is CC(C)(C)OC(=O)N1C[C@H](Nc2cc(F)cc(-c3cnc4cnc(C(C)(C)C)cn34)n2)[C@@H](F)C1. The number of halogens is 2. The minimum atomic E-state index is -1.35. The highest BCUT2D eigenvalue weighted by Gasteiger charge is 2.37. The molecule has 1 fully saturated rings. The zero-order chi connectivity index (χ0) is 24.8. The van der Waals surface area contributed by atoms with Crippen LogP contribution in [0, 0.1) is 5.82 Å². The van der Waals surface area contributed by atoms with Crippen molar-refractivity contribution in [3.63, 3.8) is 0 Å². The van der Waals surface area contributed by atoms with Gasteiger partial charge in [-0.15, -0.1) is 0 Å². The van der Waals surface area contributed by atoms with Gasteiger partial charge in [-0.3, -0.25) is 9.38 Å². The highest BCUT2D eigenvalue weighted by molar-refractivity contribution is 5.69. The number of nitrogens with zero attached hydrogens (tertiary/aromatic N) is 5. The third-order valence-corrected chi connectivity index (χ3v) is 5.45. The molecule has 0 bridgehead atoms. The molecule has 0 saturated carbocycles. The van der Waals surface area contributed by atoms with Crippen LogP contribution in [0.4, 0.5) is 19.4 Å². The Bertz CT molecular complexity index is 1210. The van der Waals surface area contributed by atoms with Gasteiger partial charge in [-0.25, -0.2) is 23.5 Å². The summed E-state index contributed by atoms with van der Waals surface area (Å²) < 4.78 is 36.4. The summed E-state index contributed by atoms with van der Waals surface area (Å²) >= 11 is 0. The van der Waals surface area contributed by atoms with E-state index in [4.69, 9.17) is 4.74 Å². The molecule has 0 radical (unpaired) electrons. The molecule has 1 saturated heterocycles. The Labute approximate surface area is 197 Å². The van der Waals surface area contributed by atoms with Crippen molar-refractivity contribution in [2.24, 2.45) is 0 Å². The number of carbonyl (C=O) groups excluding carboxylic acids is 1. The molecule has 10 heteroatoms. The summed E-state index contributed by atoms with van der Waals surface area (Å²) in [5, 5.41) is 2.95. The van der Waals surface area contributed by atoms with Crippen molar-refractivity contribution < 1.29 is 18.3 Å². The van der Waals surface area contributed by atoms with Crippen molar-refractivity contribution in [1.82, 2.24) is 24.3 Å². The maximum absolute atomic E-state index is 14.7. The van der Waals surface area contributed by atoms with E-state index in [1.54, 1.807) is 33.2 Å². The molecule has 1 aliphatic heterocycles. The van der Waals surface area contributed by atoms with Crippen LogP contribution in [0.2, 0.25) is 0 Å². The number of imidazole rings is 1. The molecule has 1 aliphatic rings. The van der Waals surface area contributed by atoms with Gasteiger partial charge in [0.2, 0.25) is 0 Å². The van der Waals surface area contributed by atoms with Gasteiger partial charge in [0.25, 0.3) is 0 Å². The molecule has 4 rings (SSSR count). The van der Waals surface area contributed by atoms with Gasteiger partial charge in [0.15, 0.2) is 5.65 Å². The molecular weight excluding hydrogens is 442 g/mol. The Morgan fingerprint density at radius 1 is 1.12 bits per heavy atom. The summed E-state index contributed by atoms with van der Waals surface area (Å²) in [6, 6.07) is 1.77. The lowest BCUT2D eigenvalue weighted by Crippen LogP contribution is -2.36. The van der Waals surface area contributed by atoms with Crippen LogP contribution < -0.4 is 5.32 Å². The quantitative estimate of drug-likeness (QED) is 0.600. The van der Waals surface area contributed by atoms with Crippen LogP contribution in [0.15, 0.2) is 30.7 Å². The maximum atomic E-state index is 14.7. The van der Waals surface area contributed by atoms with E-state index >= 15 is 0 Å². The maximum Gasteiger partial charge on any atom is 0.410 e. The van der Waals surface area contributed by atoms with E-state index in [0.29, 0.717) is 17.0 Å². The van der Waals surface area contributed by atoms with Crippen molar-refractivity contribution in [3.05, 3.63) is 42.2 Å². The summed E-state index contributed by atoms with van der Waals surface area (Å²) in [5.41, 5.74) is 1.53. The molecule has 182 valence electrons. The van der Waals surface area contributed by atoms with Crippen LogP contribution in [0.1, 0.15) is 47.2 Å². The number of hydrogen-bond donors (Lipinski definition) is 1. The number of hydrogen-bond acceptors (Lipinski definition) is 6. The first-order chi connectivity index (χ1) is 15.8. The number of anilines is 1. The number of carbonyl (C=O) groups is 1. The Morgan fingerprint density at radius 2 is 1.85 bits per heavy atom. The largest absolute Gasteiger partial charge is 0.444 e. The predicted molar refractivity (Wildman–Crippen MR) is 125 cm³/mol. The number of aromatic nitrogens is 4. The van der Waals surface area contributed by atoms with Crippen molar-refractivity contribution in [1.29, 1.82) is 0 Å². The fourth-order valence-corrected chi connectivity index (χ4v) is 3.73. The first-order valence-electron chi connectivity index (χ1n) is 11.2. The second kappa shape index (κ2) is 8.48. The highest BCUT2D eigenvalue weighted by Crippen LogP contribution is 2.27. The van der Waals surface area contributed by atoms with Crippen LogP contribution in [0.3, 0.4) is 0 Å². The van der Waals surface area contributed by atoms with Gasteiger partial charge < -0.3 is 15.0 Å². The number of pyridine rings is 1. The fraction of sp³-hybridized carbons (Fsp3) is 0.500. The van der Waals surface area contributed by atoms with Gasteiger partial charge in [-0.1, -0.05) is 20.8 Å². The van der Waals surface area contributed by atoms with Gasteiger partial charge in [0.05, 0.1) is 42.1 Å². The normalized spacial score (nSPS) is 19.0. The Balaban J connectivity index is 1.58. The van der Waals surface area contributed by atoms with E-state index in [0.717, 1.165) is 5.69 Å². The smallest absolute Gasteiger partial charge is 0.410 e. The number of nitrogens with one attached hydrogen (secondary N) is 1. The van der Waals surface area contributed by atoms with E-state index in [2.05, 4.69) is 41.0 Å². The number of fused-ring (bicyclic) bond motifs is 1. The van der Waals surface area contributed by atoms with E-state index < -0.39 is 29.7 Å². The van der Waals surface area contributed by atoms with E-state index in [1.807, 2.05) is 10.6 Å². The Hall–Kier alpha value is -3.30. The lowest BCUT2D eigenvalue weighted by atomic mass is 9.93. The molecule has 0 aliphatic carbocycles. The van der Waals surface area contributed by atoms with Crippen LogP contribution in [-0.2, 0) is 10.2 Å². The van der Waals surface area contributed by atoms with Crippen LogP contribution in [-0.4, -0.2) is 61.2 Å². The molecular formula is C24H30F2N6O2. The average Bonchev–Trinajstić information content (AvgIpc) is 3.29. The topological polar surface area (TPSA) is 84.6 Å². The van der Waals surface area contributed by atoms with Crippen molar-refractivity contribution in [2.45, 2.75) is 64.8 Å². The molecule has 1 N–H and O–H groups in total. The zero-order valence-electron chi connectivity index (χ0n) is 20.3. The first kappa shape index (κ1) is 23.8. The molecule has 8 nitrogen and oxygen atoms in total. The molecule has 0 aromatic carbocycles. The van der Waals surface area contributed by atoms with E-state index in [9.17, 15) is 13.6 Å². The van der Waals surface area contributed by atoms with Gasteiger partial charge in [-0.2, -0.15) is 0 Å². The first-order valence-corrected chi connectivity index (χ1v) is 11.2. The molecule has 3 aromatic heterocycles. The average molecular weight is 473 g/mol. The summed E-state index contributed by atoms with van der Waals surface area (Å²) in [7, 11) is 0. The minimum Gasteiger partial charge on any atom is -0.444 e. The van der Waals surface area contributed by atoms with E-state index in [-0.39, 0.29) is 24.3 Å². The van der Waals surface area contributed by atoms with Gasteiger partial charge in [-0.05, 0) is 20.8 Å². The summed E-state index contributed by atoms with van der Waals surface area (Å²) in [5.74, 6) is -0.348. The van der Waals surface area contributed by atoms with Gasteiger partial charge in [0.1, 0.15) is 23.4 Å². The third kappa shape index (κ3) is 5.10. The molecule has 1 amide bonds. The second-order valence-corrected chi connectivity index (χ2v) is 10.6. The van der Waals surface area contributed by atoms with Crippen molar-refractivity contribution in [3.8, 4) is 11.4 Å². The number of ether oxygens (including phenoxy) is 1. The van der Waals surface area contributed by atoms with Crippen LogP contribution >= 0.6 is 0 Å². The number of rotatable bonds is 3. The van der Waals surface area contributed by atoms with Gasteiger partial charge in [0, 0.05) is 30.3 Å². The standard InChI is InChI=1S/C24H30F2N6O2/c1-23(2,3)19-13-32-18(9-28-21(32)10-27-19)16-7-14(25)8-20(29-16)30-17-12-31(11-15(17)26)22(33)34-24(4,5)6/h7-10,13,15,17H,11-12H2,1-6H3,(H,29,30)/t15-,17-/m0/s1. The predicted octanol–water partition coefficient (Wildman–Crippen LogP) is 4.60.